The third kappa shape index (κ3) is 3.40. The molecule has 1 aromatic rings. The minimum absolute atomic E-state index is 0.654. The Hall–Kier alpha value is -1.28. The predicted molar refractivity (Wildman–Crippen MR) is 64.2 cm³/mol. The van der Waals surface area contributed by atoms with E-state index in [9.17, 15) is 0 Å². The van der Waals surface area contributed by atoms with Gasteiger partial charge in [0.15, 0.2) is 0 Å². The van der Waals surface area contributed by atoms with Crippen LogP contribution in [0.4, 0.5) is 0 Å². The van der Waals surface area contributed by atoms with Crippen LogP contribution in [0.2, 0.25) is 0 Å². The van der Waals surface area contributed by atoms with Gasteiger partial charge in [-0.15, -0.1) is 6.58 Å². The van der Waals surface area contributed by atoms with E-state index in [4.69, 9.17) is 10.5 Å². The number of hydrogen-bond acceptors (Lipinski definition) is 2. The summed E-state index contributed by atoms with van der Waals surface area (Å²) in [6, 6.07) is 6.17. The second kappa shape index (κ2) is 6.25. The average Bonchev–Trinajstić information content (AvgIpc) is 2.23. The van der Waals surface area contributed by atoms with E-state index in [0.717, 1.165) is 18.6 Å². The maximum Gasteiger partial charge on any atom is 0.125 e. The van der Waals surface area contributed by atoms with Gasteiger partial charge < -0.3 is 10.5 Å². The van der Waals surface area contributed by atoms with Crippen LogP contribution in [0.5, 0.6) is 5.75 Å². The van der Waals surface area contributed by atoms with Crippen molar-refractivity contribution in [3.8, 4) is 5.75 Å². The Kier molecular flexibility index (Phi) is 4.91. The lowest BCUT2D eigenvalue weighted by Gasteiger charge is -2.12. The molecule has 0 saturated heterocycles. The largest absolute Gasteiger partial charge is 0.493 e. The molecule has 0 saturated carbocycles. The fraction of sp³-hybridized carbons (Fsp3) is 0.385. The molecule has 2 heteroatoms. The van der Waals surface area contributed by atoms with E-state index in [1.807, 2.05) is 12.1 Å². The average molecular weight is 205 g/mol. The van der Waals surface area contributed by atoms with Crippen LogP contribution in [0.25, 0.3) is 0 Å². The zero-order valence-electron chi connectivity index (χ0n) is 9.33. The Morgan fingerprint density at radius 2 is 2.27 bits per heavy atom. The zero-order valence-corrected chi connectivity index (χ0v) is 9.33. The molecule has 0 heterocycles. The molecule has 0 atom stereocenters. The van der Waals surface area contributed by atoms with Crippen LogP contribution in [0.1, 0.15) is 17.5 Å². The smallest absolute Gasteiger partial charge is 0.125 e. The van der Waals surface area contributed by atoms with Gasteiger partial charge in [0.05, 0.1) is 6.61 Å². The van der Waals surface area contributed by atoms with Crippen LogP contribution in [0.3, 0.4) is 0 Å². The molecule has 1 aromatic carbocycles. The minimum Gasteiger partial charge on any atom is -0.493 e. The van der Waals surface area contributed by atoms with E-state index in [1.54, 1.807) is 0 Å². The Bertz CT molecular complexity index is 320. The van der Waals surface area contributed by atoms with Crippen LogP contribution < -0.4 is 10.5 Å². The van der Waals surface area contributed by atoms with Crippen LogP contribution >= 0.6 is 0 Å². The number of hydrogen-bond donors (Lipinski definition) is 1. The summed E-state index contributed by atoms with van der Waals surface area (Å²) in [5, 5.41) is 0. The number of rotatable bonds is 6. The van der Waals surface area contributed by atoms with E-state index in [0.29, 0.717) is 13.2 Å². The van der Waals surface area contributed by atoms with Crippen molar-refractivity contribution in [3.63, 3.8) is 0 Å². The van der Waals surface area contributed by atoms with Crippen molar-refractivity contribution in [2.45, 2.75) is 19.8 Å². The maximum atomic E-state index is 5.73. The van der Waals surface area contributed by atoms with Crippen molar-refractivity contribution >= 4 is 0 Å². The lowest BCUT2D eigenvalue weighted by Crippen LogP contribution is -2.06. The Morgan fingerprint density at radius 3 is 2.93 bits per heavy atom. The summed E-state index contributed by atoms with van der Waals surface area (Å²) in [5.41, 5.74) is 7.93. The molecule has 0 aromatic heterocycles. The molecule has 0 amide bonds. The van der Waals surface area contributed by atoms with Crippen molar-refractivity contribution in [3.05, 3.63) is 42.0 Å². The van der Waals surface area contributed by atoms with Crippen LogP contribution in [0, 0.1) is 6.92 Å². The van der Waals surface area contributed by atoms with Crippen molar-refractivity contribution in [2.24, 2.45) is 5.73 Å². The molecule has 82 valence electrons. The first-order valence-electron chi connectivity index (χ1n) is 5.32. The fourth-order valence-electron chi connectivity index (χ4n) is 1.52. The molecule has 0 aliphatic carbocycles. The quantitative estimate of drug-likeness (QED) is 0.572. The Balaban J connectivity index is 2.76. The highest BCUT2D eigenvalue weighted by molar-refractivity contribution is 5.40. The van der Waals surface area contributed by atoms with Gasteiger partial charge in [-0.2, -0.15) is 0 Å². The van der Waals surface area contributed by atoms with Gasteiger partial charge in [0, 0.05) is 0 Å². The molecule has 0 aliphatic heterocycles. The lowest BCUT2D eigenvalue weighted by molar-refractivity contribution is 0.319. The van der Waals surface area contributed by atoms with E-state index in [-0.39, 0.29) is 0 Å². The summed E-state index contributed by atoms with van der Waals surface area (Å²) in [6.45, 7) is 7.07. The molecular formula is C13H19NO. The van der Waals surface area contributed by atoms with Gasteiger partial charge >= 0.3 is 0 Å². The van der Waals surface area contributed by atoms with Gasteiger partial charge in [0.25, 0.3) is 0 Å². The van der Waals surface area contributed by atoms with Crippen LogP contribution in [-0.2, 0) is 6.42 Å². The highest BCUT2D eigenvalue weighted by Crippen LogP contribution is 2.23. The maximum absolute atomic E-state index is 5.73. The van der Waals surface area contributed by atoms with Gasteiger partial charge in [0.1, 0.15) is 5.75 Å². The summed E-state index contributed by atoms with van der Waals surface area (Å²) in [6.07, 6.45) is 3.60. The molecule has 0 bridgehead atoms. The zero-order chi connectivity index (χ0) is 11.1. The molecule has 15 heavy (non-hydrogen) atoms. The molecular weight excluding hydrogens is 186 g/mol. The summed E-state index contributed by atoms with van der Waals surface area (Å²) < 4.78 is 5.73. The minimum atomic E-state index is 0.654. The fourth-order valence-corrected chi connectivity index (χ4v) is 1.52. The topological polar surface area (TPSA) is 35.2 Å². The van der Waals surface area contributed by atoms with Crippen molar-refractivity contribution in [1.29, 1.82) is 0 Å². The second-order valence-corrected chi connectivity index (χ2v) is 3.53. The number of ether oxygens (including phenoxy) is 1. The van der Waals surface area contributed by atoms with Crippen molar-refractivity contribution in [1.82, 2.24) is 0 Å². The molecule has 0 fully saturated rings. The molecule has 0 aliphatic rings. The molecule has 2 N–H and O–H groups in total. The standard InChI is InChI=1S/C13H19NO/c1-3-4-10-15-13-11(2)6-5-7-12(13)8-9-14/h3,5-7H,1,4,8-10,14H2,2H3. The van der Waals surface area contributed by atoms with E-state index in [1.165, 1.54) is 11.1 Å². The molecule has 1 rings (SSSR count). The first kappa shape index (κ1) is 11.8. The van der Waals surface area contributed by atoms with Gasteiger partial charge in [-0.05, 0) is 37.4 Å². The van der Waals surface area contributed by atoms with E-state index in [2.05, 4.69) is 25.6 Å². The normalized spacial score (nSPS) is 10.0. The summed E-state index contributed by atoms with van der Waals surface area (Å²) in [5.74, 6) is 0.991. The summed E-state index contributed by atoms with van der Waals surface area (Å²) in [4.78, 5) is 0. The third-order valence-electron chi connectivity index (χ3n) is 2.28. The van der Waals surface area contributed by atoms with Gasteiger partial charge in [0.2, 0.25) is 0 Å². The van der Waals surface area contributed by atoms with Crippen molar-refractivity contribution < 1.29 is 4.74 Å². The summed E-state index contributed by atoms with van der Waals surface area (Å²) >= 11 is 0. The van der Waals surface area contributed by atoms with Gasteiger partial charge in [-0.3, -0.25) is 0 Å². The molecule has 0 unspecified atom stereocenters. The highest BCUT2D eigenvalue weighted by Gasteiger charge is 2.05. The van der Waals surface area contributed by atoms with E-state index < -0.39 is 0 Å². The van der Waals surface area contributed by atoms with E-state index >= 15 is 0 Å². The Morgan fingerprint density at radius 1 is 1.47 bits per heavy atom. The molecule has 2 nitrogen and oxygen atoms in total. The van der Waals surface area contributed by atoms with Gasteiger partial charge in [-0.1, -0.05) is 24.3 Å². The first-order chi connectivity index (χ1) is 7.29. The lowest BCUT2D eigenvalue weighted by atomic mass is 10.1. The third-order valence-corrected chi connectivity index (χ3v) is 2.28. The highest BCUT2D eigenvalue weighted by atomic mass is 16.5. The first-order valence-corrected chi connectivity index (χ1v) is 5.32. The van der Waals surface area contributed by atoms with Crippen LogP contribution in [0.15, 0.2) is 30.9 Å². The monoisotopic (exact) mass is 205 g/mol. The number of para-hydroxylation sites is 1. The van der Waals surface area contributed by atoms with Gasteiger partial charge in [-0.25, -0.2) is 0 Å². The van der Waals surface area contributed by atoms with Crippen LogP contribution in [-0.4, -0.2) is 13.2 Å². The molecule has 0 spiro atoms. The predicted octanol–water partition coefficient (Wildman–Crippen LogP) is 2.45. The number of benzene rings is 1. The Labute approximate surface area is 91.7 Å². The summed E-state index contributed by atoms with van der Waals surface area (Å²) in [7, 11) is 0. The van der Waals surface area contributed by atoms with Crippen molar-refractivity contribution in [2.75, 3.05) is 13.2 Å². The second-order valence-electron chi connectivity index (χ2n) is 3.53. The number of aryl methyl sites for hydroxylation is 1. The SMILES string of the molecule is C=CCCOc1c(C)cccc1CCN. The number of nitrogens with two attached hydrogens (primary N) is 1. The molecule has 0 radical (unpaired) electrons.